The van der Waals surface area contributed by atoms with Crippen molar-refractivity contribution in [3.63, 3.8) is 0 Å². The van der Waals surface area contributed by atoms with Gasteiger partial charge in [-0.15, -0.1) is 0 Å². The molecule has 44 heavy (non-hydrogen) atoms. The minimum Gasteiger partial charge on any atom is -0.479 e. The predicted molar refractivity (Wildman–Crippen MR) is 160 cm³/mol. The van der Waals surface area contributed by atoms with Gasteiger partial charge in [0.25, 0.3) is 0 Å². The van der Waals surface area contributed by atoms with Gasteiger partial charge in [0, 0.05) is 31.0 Å². The average molecular weight is 610 g/mol. The van der Waals surface area contributed by atoms with Crippen molar-refractivity contribution in [2.75, 3.05) is 6.54 Å². The quantitative estimate of drug-likeness (QED) is 0.384. The van der Waals surface area contributed by atoms with Crippen molar-refractivity contribution < 1.29 is 33.8 Å². The van der Waals surface area contributed by atoms with Gasteiger partial charge in [0.2, 0.25) is 11.8 Å². The number of carboxylic acid groups (broad SMARTS) is 1. The molecule has 1 aromatic rings. The fraction of sp³-hybridized carbons (Fsp3) is 0.594. The van der Waals surface area contributed by atoms with Crippen molar-refractivity contribution >= 4 is 29.9 Å². The van der Waals surface area contributed by atoms with Gasteiger partial charge in [0.1, 0.15) is 23.7 Å². The van der Waals surface area contributed by atoms with Crippen LogP contribution in [0.1, 0.15) is 76.8 Å². The molecule has 2 fully saturated rings. The van der Waals surface area contributed by atoms with Crippen LogP contribution in [0.3, 0.4) is 0 Å². The van der Waals surface area contributed by atoms with E-state index >= 15 is 0 Å². The second kappa shape index (κ2) is 12.5. The van der Waals surface area contributed by atoms with Crippen molar-refractivity contribution in [1.29, 1.82) is 0 Å². The number of aliphatic carboxylic acids is 1. The Bertz CT molecular complexity index is 1320. The fourth-order valence-electron chi connectivity index (χ4n) is 6.36. The number of carbonyl (C=O) groups excluding carboxylic acids is 4. The maximum atomic E-state index is 14.1. The SMILES string of the molecule is CC(C)(C)NC(=O)N[C@H]1CCCCCC=C[C@@H]2C[C@@]2(C(=O)O)NC(=O)[C@@H]2C[C@@H](OC(=O)N3Cc4ccccc4C3)CN2C1=O. The Kier molecular flexibility index (Phi) is 8.90. The van der Waals surface area contributed by atoms with Gasteiger partial charge in [-0.1, -0.05) is 49.3 Å². The number of nitrogens with one attached hydrogen (secondary N) is 3. The van der Waals surface area contributed by atoms with Crippen LogP contribution in [-0.4, -0.2) is 80.6 Å². The van der Waals surface area contributed by atoms with Gasteiger partial charge in [0.15, 0.2) is 0 Å². The van der Waals surface area contributed by atoms with Crippen LogP contribution in [0.25, 0.3) is 0 Å². The van der Waals surface area contributed by atoms with Crippen molar-refractivity contribution in [3.8, 4) is 0 Å². The first kappa shape index (κ1) is 31.3. The number of hydrogen-bond acceptors (Lipinski definition) is 6. The summed E-state index contributed by atoms with van der Waals surface area (Å²) in [5, 5.41) is 18.4. The van der Waals surface area contributed by atoms with Gasteiger partial charge < -0.3 is 30.7 Å². The summed E-state index contributed by atoms with van der Waals surface area (Å²) in [4.78, 5) is 69.0. The lowest BCUT2D eigenvalue weighted by molar-refractivity contribution is -0.145. The third-order valence-electron chi connectivity index (χ3n) is 8.78. The lowest BCUT2D eigenvalue weighted by atomic mass is 10.0. The molecule has 238 valence electrons. The molecule has 0 bridgehead atoms. The number of carbonyl (C=O) groups is 5. The molecule has 4 aliphatic rings. The molecule has 12 nitrogen and oxygen atoms in total. The Hall–Kier alpha value is -4.09. The minimum absolute atomic E-state index is 0.0151. The molecule has 1 saturated heterocycles. The lowest BCUT2D eigenvalue weighted by Crippen LogP contribution is -2.58. The molecule has 4 N–H and O–H groups in total. The summed E-state index contributed by atoms with van der Waals surface area (Å²) < 4.78 is 5.84. The van der Waals surface area contributed by atoms with E-state index in [-0.39, 0.29) is 25.3 Å². The van der Waals surface area contributed by atoms with E-state index in [4.69, 9.17) is 4.74 Å². The zero-order valence-corrected chi connectivity index (χ0v) is 25.6. The summed E-state index contributed by atoms with van der Waals surface area (Å²) in [6, 6.07) is 5.25. The monoisotopic (exact) mass is 609 g/mol. The molecule has 5 amide bonds. The van der Waals surface area contributed by atoms with Crippen molar-refractivity contribution in [2.45, 2.75) is 108 Å². The summed E-state index contributed by atoms with van der Waals surface area (Å²) in [6.07, 6.45) is 6.18. The number of ether oxygens (including phenoxy) is 1. The third kappa shape index (κ3) is 7.00. The van der Waals surface area contributed by atoms with E-state index in [9.17, 15) is 29.1 Å². The summed E-state index contributed by atoms with van der Waals surface area (Å²) in [6.45, 7) is 6.26. The Balaban J connectivity index is 1.37. The number of benzene rings is 1. The molecule has 0 aromatic heterocycles. The van der Waals surface area contributed by atoms with E-state index in [0.29, 0.717) is 25.9 Å². The third-order valence-corrected chi connectivity index (χ3v) is 8.78. The summed E-state index contributed by atoms with van der Waals surface area (Å²) in [5.41, 5.74) is 0.0959. The number of hydrogen-bond donors (Lipinski definition) is 4. The topological polar surface area (TPSA) is 157 Å². The van der Waals surface area contributed by atoms with Crippen LogP contribution >= 0.6 is 0 Å². The van der Waals surface area contributed by atoms with Gasteiger partial charge in [-0.25, -0.2) is 14.4 Å². The molecule has 0 radical (unpaired) electrons. The molecule has 12 heteroatoms. The minimum atomic E-state index is -1.44. The second-order valence-corrected chi connectivity index (χ2v) is 13.4. The van der Waals surface area contributed by atoms with Crippen LogP contribution in [0.2, 0.25) is 0 Å². The maximum Gasteiger partial charge on any atom is 0.410 e. The molecular weight excluding hydrogens is 566 g/mol. The first-order valence-electron chi connectivity index (χ1n) is 15.5. The smallest absolute Gasteiger partial charge is 0.410 e. The largest absolute Gasteiger partial charge is 0.479 e. The summed E-state index contributed by atoms with van der Waals surface area (Å²) in [5.74, 6) is -2.56. The van der Waals surface area contributed by atoms with Crippen LogP contribution in [0.15, 0.2) is 36.4 Å². The summed E-state index contributed by atoms with van der Waals surface area (Å²) in [7, 11) is 0. The highest BCUT2D eigenvalue weighted by Crippen LogP contribution is 2.45. The molecule has 5 rings (SSSR count). The molecule has 1 saturated carbocycles. The zero-order chi connectivity index (χ0) is 31.6. The molecule has 3 aliphatic heterocycles. The van der Waals surface area contributed by atoms with Crippen molar-refractivity contribution in [1.82, 2.24) is 25.8 Å². The number of fused-ring (bicyclic) bond motifs is 3. The van der Waals surface area contributed by atoms with E-state index in [0.717, 1.165) is 30.4 Å². The van der Waals surface area contributed by atoms with Gasteiger partial charge in [0.05, 0.1) is 6.54 Å². The van der Waals surface area contributed by atoms with Crippen LogP contribution in [0.4, 0.5) is 9.59 Å². The highest BCUT2D eigenvalue weighted by atomic mass is 16.6. The second-order valence-electron chi connectivity index (χ2n) is 13.4. The van der Waals surface area contributed by atoms with E-state index in [1.165, 1.54) is 4.90 Å². The normalized spacial score (nSPS) is 28.9. The predicted octanol–water partition coefficient (Wildman–Crippen LogP) is 3.05. The lowest BCUT2D eigenvalue weighted by Gasteiger charge is -2.30. The first-order valence-corrected chi connectivity index (χ1v) is 15.5. The van der Waals surface area contributed by atoms with E-state index in [1.807, 2.05) is 57.2 Å². The number of allylic oxidation sites excluding steroid dienone is 1. The number of nitrogens with zero attached hydrogens (tertiary/aromatic N) is 2. The summed E-state index contributed by atoms with van der Waals surface area (Å²) >= 11 is 0. The van der Waals surface area contributed by atoms with Crippen molar-refractivity contribution in [2.24, 2.45) is 5.92 Å². The van der Waals surface area contributed by atoms with E-state index in [1.54, 1.807) is 4.90 Å². The molecule has 0 spiro atoms. The standard InChI is InChI=1S/C32H43N5O7/c1-31(2,3)35-29(42)33-24-14-8-6-4-5-7-13-22-16-32(22,28(40)41)34-26(38)25-15-23(19-37(25)27(24)39)44-30(43)36-17-20-11-9-10-12-21(20)18-36/h7,9-13,22-25H,4-6,8,14-19H2,1-3H3,(H,34,38)(H,40,41)(H2,33,35,42)/t22-,23-,24+,25+,32-/m1/s1. The molecule has 5 atom stereocenters. The van der Waals surface area contributed by atoms with Gasteiger partial charge >= 0.3 is 18.1 Å². The first-order chi connectivity index (χ1) is 20.9. The van der Waals surface area contributed by atoms with E-state index < -0.39 is 59.2 Å². The molecule has 1 aromatic carbocycles. The molecule has 0 unspecified atom stereocenters. The number of carboxylic acids is 1. The Morgan fingerprint density at radius 1 is 1.07 bits per heavy atom. The number of amides is 5. The van der Waals surface area contributed by atoms with Gasteiger partial charge in [-0.3, -0.25) is 14.5 Å². The van der Waals surface area contributed by atoms with Crippen LogP contribution in [0, 0.1) is 5.92 Å². The zero-order valence-electron chi connectivity index (χ0n) is 25.6. The van der Waals surface area contributed by atoms with Gasteiger partial charge in [-0.2, -0.15) is 0 Å². The maximum absolute atomic E-state index is 14.1. The van der Waals surface area contributed by atoms with Crippen LogP contribution in [-0.2, 0) is 32.2 Å². The van der Waals surface area contributed by atoms with Crippen LogP contribution < -0.4 is 16.0 Å². The molecular formula is C32H43N5O7. The number of urea groups is 1. The molecule has 3 heterocycles. The Labute approximate surface area is 257 Å². The average Bonchev–Trinajstić information content (AvgIpc) is 3.27. The Morgan fingerprint density at radius 2 is 1.77 bits per heavy atom. The highest BCUT2D eigenvalue weighted by molar-refractivity contribution is 5.96. The van der Waals surface area contributed by atoms with Crippen LogP contribution in [0.5, 0.6) is 0 Å². The van der Waals surface area contributed by atoms with Crippen molar-refractivity contribution in [3.05, 3.63) is 47.5 Å². The molecule has 1 aliphatic carbocycles. The number of rotatable bonds is 3. The Morgan fingerprint density at radius 3 is 2.43 bits per heavy atom. The van der Waals surface area contributed by atoms with Gasteiger partial charge in [-0.05, 0) is 57.6 Å². The van der Waals surface area contributed by atoms with E-state index in [2.05, 4.69) is 16.0 Å². The fourth-order valence-corrected chi connectivity index (χ4v) is 6.36. The highest BCUT2D eigenvalue weighted by Gasteiger charge is 2.61.